The van der Waals surface area contributed by atoms with Crippen molar-refractivity contribution in [2.24, 2.45) is 23.7 Å². The number of rotatable bonds is 11. The summed E-state index contributed by atoms with van der Waals surface area (Å²) in [6.45, 7) is 13.9. The van der Waals surface area contributed by atoms with Crippen molar-refractivity contribution >= 4 is 17.5 Å². The van der Waals surface area contributed by atoms with Gasteiger partial charge in [-0.1, -0.05) is 72.2 Å². The highest BCUT2D eigenvalue weighted by Crippen LogP contribution is 2.36. The van der Waals surface area contributed by atoms with Crippen LogP contribution in [0.3, 0.4) is 0 Å². The Labute approximate surface area is 198 Å². The first-order chi connectivity index (χ1) is 15.4. The normalized spacial score (nSPS) is 19.6. The van der Waals surface area contributed by atoms with Crippen LogP contribution in [-0.4, -0.2) is 28.7 Å². The maximum absolute atomic E-state index is 13.1. The molecule has 0 heterocycles. The van der Waals surface area contributed by atoms with Crippen LogP contribution in [0.1, 0.15) is 84.8 Å². The number of ether oxygens (including phenoxy) is 1. The van der Waals surface area contributed by atoms with Gasteiger partial charge < -0.3 is 9.84 Å². The van der Waals surface area contributed by atoms with Gasteiger partial charge >= 0.3 is 5.97 Å². The molecule has 0 bridgehead atoms. The van der Waals surface area contributed by atoms with Crippen molar-refractivity contribution in [2.45, 2.75) is 86.2 Å². The van der Waals surface area contributed by atoms with Crippen molar-refractivity contribution in [2.75, 3.05) is 0 Å². The number of hydrogen-bond acceptors (Lipinski definition) is 5. The minimum atomic E-state index is -1.15. The van der Waals surface area contributed by atoms with E-state index in [0.717, 1.165) is 18.4 Å². The van der Waals surface area contributed by atoms with Crippen molar-refractivity contribution in [1.82, 2.24) is 0 Å². The van der Waals surface area contributed by atoms with Crippen molar-refractivity contribution in [3.63, 3.8) is 0 Å². The number of hydrogen-bond donors (Lipinski definition) is 1. The second-order valence-electron chi connectivity index (χ2n) is 10.6. The molecule has 1 aromatic rings. The molecular formula is C28H40O5. The summed E-state index contributed by atoms with van der Waals surface area (Å²) in [4.78, 5) is 38.8. The molecule has 0 saturated carbocycles. The van der Waals surface area contributed by atoms with Crippen LogP contribution < -0.4 is 0 Å². The zero-order valence-electron chi connectivity index (χ0n) is 21.2. The number of ketones is 2. The van der Waals surface area contributed by atoms with Crippen LogP contribution >= 0.6 is 0 Å². The molecule has 0 saturated heterocycles. The Hall–Kier alpha value is -2.43. The van der Waals surface area contributed by atoms with Crippen molar-refractivity contribution < 1.29 is 24.2 Å². The molecular weight excluding hydrogens is 416 g/mol. The molecule has 2 rings (SSSR count). The smallest absolute Gasteiger partial charge is 0.313 e. The van der Waals surface area contributed by atoms with Crippen molar-refractivity contribution in [1.29, 1.82) is 0 Å². The number of carbonyl (C=O) groups excluding carboxylic acids is 3. The summed E-state index contributed by atoms with van der Waals surface area (Å²) in [7, 11) is 0. The summed E-state index contributed by atoms with van der Waals surface area (Å²) in [5, 5.41) is 10.8. The standard InChI is InChI=1S/C28H40O5/c1-16(2)8-13-22-25(30)24(23(29)15-18(5)6)26(31)27(22)33-28(32)19(7)21-11-9-20(10-12-21)14-17(3)4/h9-12,16-19,22,27,30H,8,13-15H2,1-7H3. The first-order valence-corrected chi connectivity index (χ1v) is 12.2. The van der Waals surface area contributed by atoms with Crippen LogP contribution in [-0.2, 0) is 25.5 Å². The summed E-state index contributed by atoms with van der Waals surface area (Å²) in [5.41, 5.74) is 1.84. The molecule has 3 atom stereocenters. The highest BCUT2D eigenvalue weighted by molar-refractivity contribution is 6.24. The molecule has 182 valence electrons. The first-order valence-electron chi connectivity index (χ1n) is 12.2. The van der Waals surface area contributed by atoms with Crippen LogP contribution in [0, 0.1) is 23.7 Å². The fraction of sp³-hybridized carbons (Fsp3) is 0.607. The summed E-state index contributed by atoms with van der Waals surface area (Å²) < 4.78 is 5.69. The van der Waals surface area contributed by atoms with Crippen LogP contribution in [0.4, 0.5) is 0 Å². The molecule has 0 amide bonds. The molecule has 3 unspecified atom stereocenters. The second kappa shape index (κ2) is 11.6. The topological polar surface area (TPSA) is 80.7 Å². The Morgan fingerprint density at radius 1 is 0.939 bits per heavy atom. The van der Waals surface area contributed by atoms with E-state index < -0.39 is 29.7 Å². The van der Waals surface area contributed by atoms with Crippen LogP contribution in [0.15, 0.2) is 35.6 Å². The Kier molecular flexibility index (Phi) is 9.45. The molecule has 1 N–H and O–H groups in total. The minimum Gasteiger partial charge on any atom is -0.511 e. The van der Waals surface area contributed by atoms with Crippen LogP contribution in [0.5, 0.6) is 0 Å². The van der Waals surface area contributed by atoms with Gasteiger partial charge in [-0.25, -0.2) is 0 Å². The number of aliphatic hydroxyl groups excluding tert-OH is 1. The van der Waals surface area contributed by atoms with E-state index in [1.165, 1.54) is 5.56 Å². The zero-order chi connectivity index (χ0) is 24.9. The number of Topliss-reactive ketones (excluding diaryl/α,β-unsaturated/α-hetero) is 2. The van der Waals surface area contributed by atoms with E-state index >= 15 is 0 Å². The summed E-state index contributed by atoms with van der Waals surface area (Å²) in [6.07, 6.45) is 1.20. The molecule has 0 fully saturated rings. The SMILES string of the molecule is CC(C)CCC1C(O)=C(C(=O)CC(C)C)C(=O)C1OC(=O)C(C)c1ccc(CC(C)C)cc1. The molecule has 33 heavy (non-hydrogen) atoms. The van der Waals surface area contributed by atoms with E-state index in [0.29, 0.717) is 18.3 Å². The molecule has 5 nitrogen and oxygen atoms in total. The fourth-order valence-electron chi connectivity index (χ4n) is 4.25. The average Bonchev–Trinajstić information content (AvgIpc) is 2.94. The predicted octanol–water partition coefficient (Wildman–Crippen LogP) is 5.96. The van der Waals surface area contributed by atoms with Gasteiger partial charge in [0, 0.05) is 6.42 Å². The van der Waals surface area contributed by atoms with Gasteiger partial charge in [0.05, 0.1) is 11.8 Å². The van der Waals surface area contributed by atoms with Gasteiger partial charge in [0.15, 0.2) is 11.9 Å². The molecule has 0 radical (unpaired) electrons. The summed E-state index contributed by atoms with van der Waals surface area (Å²) in [6, 6.07) is 7.87. The fourth-order valence-corrected chi connectivity index (χ4v) is 4.25. The van der Waals surface area contributed by atoms with E-state index in [2.05, 4.69) is 27.7 Å². The maximum atomic E-state index is 13.1. The largest absolute Gasteiger partial charge is 0.511 e. The quantitative estimate of drug-likeness (QED) is 0.328. The van der Waals surface area contributed by atoms with Crippen LogP contribution in [0.25, 0.3) is 0 Å². The van der Waals surface area contributed by atoms with Gasteiger partial charge in [-0.05, 0) is 48.6 Å². The van der Waals surface area contributed by atoms with Gasteiger partial charge in [0.1, 0.15) is 11.3 Å². The zero-order valence-corrected chi connectivity index (χ0v) is 21.2. The van der Waals surface area contributed by atoms with Crippen LogP contribution in [0.2, 0.25) is 0 Å². The second-order valence-corrected chi connectivity index (χ2v) is 10.6. The molecule has 1 aliphatic rings. The monoisotopic (exact) mass is 456 g/mol. The number of esters is 1. The lowest BCUT2D eigenvalue weighted by atomic mass is 9.93. The van der Waals surface area contributed by atoms with Gasteiger partial charge in [-0.3, -0.25) is 14.4 Å². The Morgan fingerprint density at radius 2 is 1.55 bits per heavy atom. The van der Waals surface area contributed by atoms with E-state index in [9.17, 15) is 19.5 Å². The highest BCUT2D eigenvalue weighted by atomic mass is 16.5. The molecule has 5 heteroatoms. The third-order valence-electron chi connectivity index (χ3n) is 6.13. The summed E-state index contributed by atoms with van der Waals surface area (Å²) in [5.74, 6) is -1.97. The van der Waals surface area contributed by atoms with Gasteiger partial charge in [-0.2, -0.15) is 0 Å². The number of aliphatic hydroxyl groups is 1. The first kappa shape index (κ1) is 26.8. The lowest BCUT2D eigenvalue weighted by molar-refractivity contribution is -0.157. The predicted molar refractivity (Wildman–Crippen MR) is 130 cm³/mol. The van der Waals surface area contributed by atoms with Crippen molar-refractivity contribution in [3.05, 3.63) is 46.7 Å². The van der Waals surface area contributed by atoms with E-state index in [4.69, 9.17) is 4.74 Å². The Bertz CT molecular complexity index is 876. The van der Waals surface area contributed by atoms with Gasteiger partial charge in [-0.15, -0.1) is 0 Å². The van der Waals surface area contributed by atoms with Gasteiger partial charge in [0.25, 0.3) is 0 Å². The maximum Gasteiger partial charge on any atom is 0.313 e. The third-order valence-corrected chi connectivity index (χ3v) is 6.13. The highest BCUT2D eigenvalue weighted by Gasteiger charge is 2.47. The van der Waals surface area contributed by atoms with E-state index in [1.54, 1.807) is 6.92 Å². The average molecular weight is 457 g/mol. The Balaban J connectivity index is 2.20. The van der Waals surface area contributed by atoms with Gasteiger partial charge in [0.2, 0.25) is 5.78 Å². The molecule has 1 aliphatic carbocycles. The molecule has 0 aromatic heterocycles. The molecule has 0 spiro atoms. The Morgan fingerprint density at radius 3 is 2.06 bits per heavy atom. The van der Waals surface area contributed by atoms with E-state index in [-0.39, 0.29) is 29.5 Å². The molecule has 0 aliphatic heterocycles. The number of benzene rings is 1. The lowest BCUT2D eigenvalue weighted by Crippen LogP contribution is -2.33. The number of carbonyl (C=O) groups is 3. The minimum absolute atomic E-state index is 0.0556. The third kappa shape index (κ3) is 7.02. The lowest BCUT2D eigenvalue weighted by Gasteiger charge is -2.22. The molecule has 1 aromatic carbocycles. The summed E-state index contributed by atoms with van der Waals surface area (Å²) >= 11 is 0. The van der Waals surface area contributed by atoms with E-state index in [1.807, 2.05) is 38.1 Å². The van der Waals surface area contributed by atoms with Crippen molar-refractivity contribution in [3.8, 4) is 0 Å².